The molecule has 0 radical (unpaired) electrons. The molecular formula is C6H9FO. The van der Waals surface area contributed by atoms with Gasteiger partial charge in [-0.3, -0.25) is 0 Å². The first-order chi connectivity index (χ1) is 3.80. The Kier molecular flexibility index (Phi) is 1.63. The first kappa shape index (κ1) is 5.76. The third-order valence-corrected chi connectivity index (χ3v) is 1.31. The van der Waals surface area contributed by atoms with E-state index in [1.165, 1.54) is 0 Å². The minimum Gasteiger partial charge on any atom is -0.374 e. The number of hydrogen-bond acceptors (Lipinski definition) is 1. The van der Waals surface area contributed by atoms with Gasteiger partial charge >= 0.3 is 0 Å². The summed E-state index contributed by atoms with van der Waals surface area (Å²) in [4.78, 5) is 0. The summed E-state index contributed by atoms with van der Waals surface area (Å²) in [6.07, 6.45) is 0.756. The fraction of sp³-hybridized carbons (Fsp3) is 0.667. The lowest BCUT2D eigenvalue weighted by Crippen LogP contribution is -2.06. The Bertz CT molecular complexity index is 104. The third-order valence-electron chi connectivity index (χ3n) is 1.31. The average Bonchev–Trinajstić information content (AvgIpc) is 1.77. The smallest absolute Gasteiger partial charge is 0.125 e. The van der Waals surface area contributed by atoms with Crippen LogP contribution in [-0.2, 0) is 4.74 Å². The van der Waals surface area contributed by atoms with Crippen molar-refractivity contribution >= 4 is 0 Å². The zero-order chi connectivity index (χ0) is 5.98. The maximum Gasteiger partial charge on any atom is 0.125 e. The highest BCUT2D eigenvalue weighted by Crippen LogP contribution is 2.14. The van der Waals surface area contributed by atoms with Gasteiger partial charge in [0.2, 0.25) is 0 Å². The summed E-state index contributed by atoms with van der Waals surface area (Å²) in [5, 5.41) is 0. The normalized spacial score (nSPS) is 21.8. The van der Waals surface area contributed by atoms with Crippen molar-refractivity contribution in [3.05, 3.63) is 11.4 Å². The van der Waals surface area contributed by atoms with Gasteiger partial charge in [0, 0.05) is 0 Å². The van der Waals surface area contributed by atoms with Gasteiger partial charge in [0.05, 0.1) is 13.2 Å². The van der Waals surface area contributed by atoms with Gasteiger partial charge in [-0.25, -0.2) is 4.39 Å². The Hall–Kier alpha value is -0.370. The molecule has 0 saturated heterocycles. The summed E-state index contributed by atoms with van der Waals surface area (Å²) in [7, 11) is 0. The average molecular weight is 116 g/mol. The lowest BCUT2D eigenvalue weighted by molar-refractivity contribution is 0.129. The van der Waals surface area contributed by atoms with E-state index in [0.717, 1.165) is 12.0 Å². The van der Waals surface area contributed by atoms with Crippen LogP contribution in [0.15, 0.2) is 11.4 Å². The van der Waals surface area contributed by atoms with E-state index in [1.54, 1.807) is 6.92 Å². The topological polar surface area (TPSA) is 9.23 Å². The molecule has 0 fully saturated rings. The van der Waals surface area contributed by atoms with Crippen molar-refractivity contribution in [2.75, 3.05) is 13.2 Å². The van der Waals surface area contributed by atoms with Gasteiger partial charge in [-0.15, -0.1) is 0 Å². The second kappa shape index (κ2) is 2.27. The molecule has 2 heteroatoms. The Labute approximate surface area is 48.1 Å². The summed E-state index contributed by atoms with van der Waals surface area (Å²) in [5.74, 6) is -0.0868. The van der Waals surface area contributed by atoms with Crippen LogP contribution in [0.2, 0.25) is 0 Å². The van der Waals surface area contributed by atoms with Crippen LogP contribution in [0, 0.1) is 0 Å². The molecule has 1 rings (SSSR count). The molecule has 1 aliphatic rings. The van der Waals surface area contributed by atoms with Crippen molar-refractivity contribution in [1.29, 1.82) is 0 Å². The molecule has 46 valence electrons. The van der Waals surface area contributed by atoms with Crippen LogP contribution in [0.3, 0.4) is 0 Å². The number of hydrogen-bond donors (Lipinski definition) is 0. The summed E-state index contributed by atoms with van der Waals surface area (Å²) in [5.41, 5.74) is 0.844. The van der Waals surface area contributed by atoms with Crippen LogP contribution in [-0.4, -0.2) is 13.2 Å². The number of rotatable bonds is 0. The molecule has 0 N–H and O–H groups in total. The molecule has 0 amide bonds. The number of halogens is 1. The van der Waals surface area contributed by atoms with Crippen LogP contribution in [0.1, 0.15) is 13.3 Å². The van der Waals surface area contributed by atoms with Gasteiger partial charge < -0.3 is 4.74 Å². The maximum atomic E-state index is 12.3. The largest absolute Gasteiger partial charge is 0.374 e. The van der Waals surface area contributed by atoms with Gasteiger partial charge in [0.1, 0.15) is 5.83 Å². The molecular weight excluding hydrogens is 107 g/mol. The molecule has 8 heavy (non-hydrogen) atoms. The quantitative estimate of drug-likeness (QED) is 0.467. The van der Waals surface area contributed by atoms with E-state index < -0.39 is 0 Å². The Morgan fingerprint density at radius 1 is 1.62 bits per heavy atom. The summed E-state index contributed by atoms with van der Waals surface area (Å²) in [6.45, 7) is 2.67. The van der Waals surface area contributed by atoms with E-state index in [9.17, 15) is 4.39 Å². The Morgan fingerprint density at radius 2 is 2.38 bits per heavy atom. The predicted molar refractivity (Wildman–Crippen MR) is 29.2 cm³/mol. The fourth-order valence-corrected chi connectivity index (χ4v) is 0.646. The first-order valence-corrected chi connectivity index (χ1v) is 2.72. The van der Waals surface area contributed by atoms with Gasteiger partial charge in [0.15, 0.2) is 0 Å². The molecule has 0 aliphatic carbocycles. The summed E-state index contributed by atoms with van der Waals surface area (Å²) >= 11 is 0. The van der Waals surface area contributed by atoms with E-state index in [2.05, 4.69) is 0 Å². The molecule has 1 heterocycles. The van der Waals surface area contributed by atoms with Crippen LogP contribution in [0.4, 0.5) is 4.39 Å². The van der Waals surface area contributed by atoms with Gasteiger partial charge in [-0.2, -0.15) is 0 Å². The van der Waals surface area contributed by atoms with Crippen molar-refractivity contribution in [3.63, 3.8) is 0 Å². The molecule has 0 aromatic carbocycles. The van der Waals surface area contributed by atoms with Crippen molar-refractivity contribution < 1.29 is 9.13 Å². The van der Waals surface area contributed by atoms with E-state index in [4.69, 9.17) is 4.74 Å². The highest BCUT2D eigenvalue weighted by molar-refractivity contribution is 5.07. The van der Waals surface area contributed by atoms with Crippen molar-refractivity contribution in [3.8, 4) is 0 Å². The number of ether oxygens (including phenoxy) is 1. The summed E-state index contributed by atoms with van der Waals surface area (Å²) < 4.78 is 17.2. The second-order valence-corrected chi connectivity index (χ2v) is 1.99. The minimum absolute atomic E-state index is 0.0868. The van der Waals surface area contributed by atoms with Crippen molar-refractivity contribution in [2.24, 2.45) is 0 Å². The van der Waals surface area contributed by atoms with E-state index in [0.29, 0.717) is 6.61 Å². The van der Waals surface area contributed by atoms with Gasteiger partial charge in [0.25, 0.3) is 0 Å². The fourth-order valence-electron chi connectivity index (χ4n) is 0.646. The molecule has 1 nitrogen and oxygen atoms in total. The molecule has 0 aromatic heterocycles. The molecule has 0 aromatic rings. The zero-order valence-electron chi connectivity index (χ0n) is 4.91. The monoisotopic (exact) mass is 116 g/mol. The lowest BCUT2D eigenvalue weighted by Gasteiger charge is -2.10. The SMILES string of the molecule is CC1=C(F)COCC1. The zero-order valence-corrected chi connectivity index (χ0v) is 4.91. The summed E-state index contributed by atoms with van der Waals surface area (Å²) in [6, 6.07) is 0. The standard InChI is InChI=1S/C6H9FO/c1-5-2-3-8-4-6(5)7/h2-4H2,1H3. The van der Waals surface area contributed by atoms with Gasteiger partial charge in [-0.1, -0.05) is 0 Å². The first-order valence-electron chi connectivity index (χ1n) is 2.72. The van der Waals surface area contributed by atoms with Crippen molar-refractivity contribution in [2.45, 2.75) is 13.3 Å². The molecule has 0 atom stereocenters. The molecule has 0 saturated carbocycles. The Balaban J connectivity index is 2.60. The molecule has 1 aliphatic heterocycles. The van der Waals surface area contributed by atoms with Crippen LogP contribution in [0.25, 0.3) is 0 Å². The highest BCUT2D eigenvalue weighted by Gasteiger charge is 2.06. The Morgan fingerprint density at radius 3 is 2.75 bits per heavy atom. The van der Waals surface area contributed by atoms with Gasteiger partial charge in [-0.05, 0) is 18.9 Å². The predicted octanol–water partition coefficient (Wildman–Crippen LogP) is 1.65. The maximum absolute atomic E-state index is 12.3. The third kappa shape index (κ3) is 1.07. The van der Waals surface area contributed by atoms with E-state index >= 15 is 0 Å². The van der Waals surface area contributed by atoms with Crippen LogP contribution < -0.4 is 0 Å². The second-order valence-electron chi connectivity index (χ2n) is 1.99. The molecule has 0 unspecified atom stereocenters. The van der Waals surface area contributed by atoms with E-state index in [1.807, 2.05) is 0 Å². The highest BCUT2D eigenvalue weighted by atomic mass is 19.1. The van der Waals surface area contributed by atoms with Crippen molar-refractivity contribution in [1.82, 2.24) is 0 Å². The van der Waals surface area contributed by atoms with Crippen LogP contribution >= 0.6 is 0 Å². The molecule has 0 spiro atoms. The van der Waals surface area contributed by atoms with E-state index in [-0.39, 0.29) is 12.4 Å². The lowest BCUT2D eigenvalue weighted by atomic mass is 10.2. The molecule has 0 bridgehead atoms. The minimum atomic E-state index is -0.0868. The van der Waals surface area contributed by atoms with Crippen LogP contribution in [0.5, 0.6) is 0 Å².